The lowest BCUT2D eigenvalue weighted by atomic mass is 10.0. The van der Waals surface area contributed by atoms with Crippen molar-refractivity contribution in [2.45, 2.75) is 33.3 Å². The van der Waals surface area contributed by atoms with Gasteiger partial charge in [0.15, 0.2) is 5.78 Å². The number of ketones is 1. The van der Waals surface area contributed by atoms with Crippen LogP contribution in [0, 0.1) is 6.92 Å². The van der Waals surface area contributed by atoms with Gasteiger partial charge >= 0.3 is 0 Å². The third kappa shape index (κ3) is 4.24. The van der Waals surface area contributed by atoms with Crippen LogP contribution in [0.5, 0.6) is 5.75 Å². The number of halogens is 1. The number of ether oxygens (including phenoxy) is 1. The fourth-order valence-corrected chi connectivity index (χ4v) is 3.83. The predicted octanol–water partition coefficient (Wildman–Crippen LogP) is 6.40. The highest BCUT2D eigenvalue weighted by atomic mass is 35.5. The summed E-state index contributed by atoms with van der Waals surface area (Å²) < 4.78 is 5.73. The molecule has 0 amide bonds. The van der Waals surface area contributed by atoms with E-state index in [1.165, 1.54) is 0 Å². The van der Waals surface area contributed by atoms with Crippen molar-refractivity contribution in [2.75, 3.05) is 0 Å². The first-order chi connectivity index (χ1) is 14.4. The lowest BCUT2D eigenvalue weighted by Gasteiger charge is -2.10. The summed E-state index contributed by atoms with van der Waals surface area (Å²) in [5, 5.41) is 0.647. The number of aromatic amines is 1. The summed E-state index contributed by atoms with van der Waals surface area (Å²) in [5.74, 6) is 1.53. The smallest absolute Gasteiger partial charge is 0.167 e. The molecule has 0 saturated heterocycles. The van der Waals surface area contributed by atoms with Gasteiger partial charge in [-0.3, -0.25) is 4.79 Å². The highest BCUT2D eigenvalue weighted by molar-refractivity contribution is 6.33. The van der Waals surface area contributed by atoms with E-state index in [4.69, 9.17) is 16.3 Å². The Morgan fingerprint density at radius 3 is 2.67 bits per heavy atom. The number of nitrogens with zero attached hydrogens (tertiary/aromatic N) is 1. The SMILES string of the molecule is Cc1cccc(Cl)c1-c1nc2ccc(C(=O)Cc3cccc(OC(C)C)c3)cc2[nH]1. The number of benzene rings is 3. The molecule has 0 fully saturated rings. The van der Waals surface area contributed by atoms with Gasteiger partial charge in [0.05, 0.1) is 22.2 Å². The van der Waals surface area contributed by atoms with Gasteiger partial charge in [0, 0.05) is 17.5 Å². The first-order valence-electron chi connectivity index (χ1n) is 9.95. The van der Waals surface area contributed by atoms with Crippen molar-refractivity contribution in [2.24, 2.45) is 0 Å². The monoisotopic (exact) mass is 418 g/mol. The van der Waals surface area contributed by atoms with E-state index in [0.717, 1.165) is 33.5 Å². The molecule has 0 spiro atoms. The van der Waals surface area contributed by atoms with E-state index in [1.807, 2.05) is 81.4 Å². The normalized spacial score (nSPS) is 11.2. The van der Waals surface area contributed by atoms with Crippen LogP contribution in [0.25, 0.3) is 22.4 Å². The number of hydrogen-bond donors (Lipinski definition) is 1. The lowest BCUT2D eigenvalue weighted by Crippen LogP contribution is -2.07. The highest BCUT2D eigenvalue weighted by Gasteiger charge is 2.14. The molecule has 0 aliphatic heterocycles. The van der Waals surface area contributed by atoms with Crippen molar-refractivity contribution in [3.8, 4) is 17.1 Å². The van der Waals surface area contributed by atoms with Crippen molar-refractivity contribution < 1.29 is 9.53 Å². The Hall–Kier alpha value is -3.11. The summed E-state index contributed by atoms with van der Waals surface area (Å²) in [6, 6.07) is 19.0. The van der Waals surface area contributed by atoms with E-state index in [9.17, 15) is 4.79 Å². The van der Waals surface area contributed by atoms with Crippen LogP contribution in [-0.2, 0) is 6.42 Å². The maximum Gasteiger partial charge on any atom is 0.167 e. The largest absolute Gasteiger partial charge is 0.491 e. The second-order valence-corrected chi connectivity index (χ2v) is 8.07. The number of nitrogens with one attached hydrogen (secondary N) is 1. The van der Waals surface area contributed by atoms with Crippen LogP contribution < -0.4 is 4.74 Å². The third-order valence-corrected chi connectivity index (χ3v) is 5.21. The molecule has 0 atom stereocenters. The molecular formula is C25H23ClN2O2. The molecule has 4 rings (SSSR count). The van der Waals surface area contributed by atoms with E-state index in [-0.39, 0.29) is 11.9 Å². The van der Waals surface area contributed by atoms with Gasteiger partial charge in [-0.05, 0) is 68.3 Å². The van der Waals surface area contributed by atoms with Crippen molar-refractivity contribution in [1.82, 2.24) is 9.97 Å². The number of hydrogen-bond acceptors (Lipinski definition) is 3. The minimum Gasteiger partial charge on any atom is -0.491 e. The van der Waals surface area contributed by atoms with Crippen LogP contribution in [0.1, 0.15) is 35.3 Å². The number of imidazole rings is 1. The van der Waals surface area contributed by atoms with Gasteiger partial charge < -0.3 is 9.72 Å². The van der Waals surface area contributed by atoms with Gasteiger partial charge in [-0.15, -0.1) is 0 Å². The summed E-state index contributed by atoms with van der Waals surface area (Å²) >= 11 is 6.38. The van der Waals surface area contributed by atoms with Crippen molar-refractivity contribution in [3.05, 3.63) is 82.4 Å². The molecule has 0 aliphatic carbocycles. The molecule has 0 radical (unpaired) electrons. The maximum absolute atomic E-state index is 12.9. The Morgan fingerprint density at radius 1 is 1.10 bits per heavy atom. The number of H-pyrrole nitrogens is 1. The summed E-state index contributed by atoms with van der Waals surface area (Å²) in [6.45, 7) is 5.96. The zero-order valence-corrected chi connectivity index (χ0v) is 18.0. The molecule has 1 heterocycles. The standard InChI is InChI=1S/C25H23ClN2O2/c1-15(2)30-19-8-5-7-17(12-19)13-23(29)18-10-11-21-22(14-18)28-25(27-21)24-16(3)6-4-9-20(24)26/h4-12,14-15H,13H2,1-3H3,(H,27,28). The first-order valence-corrected chi connectivity index (χ1v) is 10.3. The summed E-state index contributed by atoms with van der Waals surface area (Å²) in [5.41, 5.74) is 5.10. The number of aromatic nitrogens is 2. The molecule has 5 heteroatoms. The Labute approximate surface area is 180 Å². The zero-order chi connectivity index (χ0) is 21.3. The fourth-order valence-electron chi connectivity index (χ4n) is 3.52. The summed E-state index contributed by atoms with van der Waals surface area (Å²) in [4.78, 5) is 20.9. The molecule has 30 heavy (non-hydrogen) atoms. The number of Topliss-reactive ketones (excluding diaryl/α,β-unsaturated/α-hetero) is 1. The molecule has 1 aromatic heterocycles. The van der Waals surface area contributed by atoms with Crippen LogP contribution in [-0.4, -0.2) is 21.9 Å². The van der Waals surface area contributed by atoms with Gasteiger partial charge in [0.2, 0.25) is 0 Å². The van der Waals surface area contributed by atoms with E-state index in [0.29, 0.717) is 22.8 Å². The fraction of sp³-hybridized carbons (Fsp3) is 0.200. The molecule has 152 valence electrons. The molecule has 0 bridgehead atoms. The third-order valence-electron chi connectivity index (χ3n) is 4.90. The van der Waals surface area contributed by atoms with Crippen LogP contribution >= 0.6 is 11.6 Å². The van der Waals surface area contributed by atoms with Crippen molar-refractivity contribution >= 4 is 28.4 Å². The molecule has 0 saturated carbocycles. The first kappa shape index (κ1) is 20.2. The topological polar surface area (TPSA) is 55.0 Å². The minimum atomic E-state index is 0.0451. The van der Waals surface area contributed by atoms with Crippen LogP contribution in [0.4, 0.5) is 0 Å². The van der Waals surface area contributed by atoms with E-state index < -0.39 is 0 Å². The number of rotatable bonds is 6. The Bertz CT molecular complexity index is 1210. The number of fused-ring (bicyclic) bond motifs is 1. The molecule has 4 aromatic rings. The molecule has 0 unspecified atom stereocenters. The Morgan fingerprint density at radius 2 is 1.90 bits per heavy atom. The second-order valence-electron chi connectivity index (χ2n) is 7.66. The number of aryl methyl sites for hydroxylation is 1. The average Bonchev–Trinajstić information content (AvgIpc) is 3.10. The van der Waals surface area contributed by atoms with Crippen molar-refractivity contribution in [1.29, 1.82) is 0 Å². The minimum absolute atomic E-state index is 0.0451. The second kappa shape index (κ2) is 8.33. The quantitative estimate of drug-likeness (QED) is 0.368. The van der Waals surface area contributed by atoms with Crippen LogP contribution in [0.15, 0.2) is 60.7 Å². The van der Waals surface area contributed by atoms with Gasteiger partial charge in [-0.2, -0.15) is 0 Å². The summed E-state index contributed by atoms with van der Waals surface area (Å²) in [6.07, 6.45) is 0.403. The van der Waals surface area contributed by atoms with E-state index >= 15 is 0 Å². The lowest BCUT2D eigenvalue weighted by molar-refractivity contribution is 0.0993. The molecule has 3 aromatic carbocycles. The van der Waals surface area contributed by atoms with Crippen LogP contribution in [0.3, 0.4) is 0 Å². The number of carbonyl (C=O) groups excluding carboxylic acids is 1. The zero-order valence-electron chi connectivity index (χ0n) is 17.2. The van der Waals surface area contributed by atoms with Crippen molar-refractivity contribution in [3.63, 3.8) is 0 Å². The van der Waals surface area contributed by atoms with Gasteiger partial charge in [-0.25, -0.2) is 4.98 Å². The predicted molar refractivity (Wildman–Crippen MR) is 122 cm³/mol. The number of carbonyl (C=O) groups is 1. The maximum atomic E-state index is 12.9. The molecule has 0 aliphatic rings. The Kier molecular flexibility index (Phi) is 5.60. The van der Waals surface area contributed by atoms with Gasteiger partial charge in [0.1, 0.15) is 11.6 Å². The van der Waals surface area contributed by atoms with Crippen LogP contribution in [0.2, 0.25) is 5.02 Å². The summed E-state index contributed by atoms with van der Waals surface area (Å²) in [7, 11) is 0. The Balaban J connectivity index is 1.60. The molecular weight excluding hydrogens is 396 g/mol. The highest BCUT2D eigenvalue weighted by Crippen LogP contribution is 2.30. The van der Waals surface area contributed by atoms with E-state index in [1.54, 1.807) is 0 Å². The molecule has 1 N–H and O–H groups in total. The average molecular weight is 419 g/mol. The van der Waals surface area contributed by atoms with Gasteiger partial charge in [0.25, 0.3) is 0 Å². The molecule has 4 nitrogen and oxygen atoms in total. The van der Waals surface area contributed by atoms with E-state index in [2.05, 4.69) is 9.97 Å². The van der Waals surface area contributed by atoms with Gasteiger partial charge in [-0.1, -0.05) is 35.9 Å².